The van der Waals surface area contributed by atoms with E-state index < -0.39 is 40.5 Å². The lowest BCUT2D eigenvalue weighted by molar-refractivity contribution is -0.228. The van der Waals surface area contributed by atoms with Gasteiger partial charge in [0.15, 0.2) is 6.10 Å². The Morgan fingerprint density at radius 3 is 2.64 bits per heavy atom. The molecule has 1 spiro atoms. The highest BCUT2D eigenvalue weighted by Gasteiger charge is 2.80. The molecular formula is C25H32N2O6. The fourth-order valence-electron chi connectivity index (χ4n) is 7.68. The number of nitrogens with zero attached hydrogens (tertiary/aromatic N) is 2. The Hall–Kier alpha value is -2.58. The number of likely N-dealkylation sites (N-methyl/N-ethyl adjacent to an activating group) is 1. The second-order valence-electron chi connectivity index (χ2n) is 9.76. The van der Waals surface area contributed by atoms with E-state index in [9.17, 15) is 14.7 Å². The van der Waals surface area contributed by atoms with Gasteiger partial charge in [0.05, 0.1) is 20.3 Å². The first-order valence-corrected chi connectivity index (χ1v) is 11.5. The van der Waals surface area contributed by atoms with E-state index in [0.29, 0.717) is 12.2 Å². The number of hydrogen-bond donors (Lipinski definition) is 1. The average molecular weight is 457 g/mol. The summed E-state index contributed by atoms with van der Waals surface area (Å²) in [7, 11) is 4.77. The standard InChI is InChI=1S/C25H32N2O6/c1-6-23-10-7-12-27-13-11-24(19(23)27)17-9-8-16(31-4)14-18(17)26(3)20(24)25(30,22(29)32-5)21(23)33-15(2)28/h7-10,14,19-21,30H,6,11-13H2,1-5H3/t19?,20?,21-,23-,24?,25?/m1/s1. The second-order valence-corrected chi connectivity index (χ2v) is 9.76. The SMILES string of the molecule is CC[C@]12C=CCN3CCC4(c5ccc(OC)cc5N(C)C4C(O)(C(=O)OC)[C@@H]1OC(C)=O)C32. The first-order valence-electron chi connectivity index (χ1n) is 11.5. The topological polar surface area (TPSA) is 88.5 Å². The van der Waals surface area contributed by atoms with Gasteiger partial charge in [0, 0.05) is 49.1 Å². The molecular weight excluding hydrogens is 424 g/mol. The second kappa shape index (κ2) is 7.21. The summed E-state index contributed by atoms with van der Waals surface area (Å²) in [5.41, 5.74) is -1.41. The van der Waals surface area contributed by atoms with Gasteiger partial charge in [-0.2, -0.15) is 0 Å². The Labute approximate surface area is 194 Å². The average Bonchev–Trinajstić information content (AvgIpc) is 3.32. The zero-order chi connectivity index (χ0) is 23.8. The van der Waals surface area contributed by atoms with Crippen molar-refractivity contribution < 1.29 is 28.9 Å². The van der Waals surface area contributed by atoms with E-state index in [4.69, 9.17) is 14.2 Å². The van der Waals surface area contributed by atoms with Crippen molar-refractivity contribution in [3.63, 3.8) is 0 Å². The number of benzene rings is 1. The van der Waals surface area contributed by atoms with Crippen molar-refractivity contribution in [1.29, 1.82) is 0 Å². The molecule has 4 aliphatic rings. The number of aliphatic hydroxyl groups is 1. The minimum Gasteiger partial charge on any atom is -0.497 e. The number of hydrogen-bond acceptors (Lipinski definition) is 8. The first kappa shape index (κ1) is 22.2. The number of carbonyl (C=O) groups is 2. The highest BCUT2D eigenvalue weighted by molar-refractivity contribution is 5.87. The molecule has 3 aliphatic heterocycles. The van der Waals surface area contributed by atoms with Gasteiger partial charge in [0.1, 0.15) is 5.75 Å². The van der Waals surface area contributed by atoms with E-state index in [1.807, 2.05) is 31.0 Å². The van der Waals surface area contributed by atoms with Crippen molar-refractivity contribution in [2.75, 3.05) is 39.3 Å². The summed E-state index contributed by atoms with van der Waals surface area (Å²) in [6.07, 6.45) is 4.40. The highest BCUT2D eigenvalue weighted by atomic mass is 16.6. The third kappa shape index (κ3) is 2.48. The quantitative estimate of drug-likeness (QED) is 0.541. The van der Waals surface area contributed by atoms with E-state index in [2.05, 4.69) is 23.1 Å². The molecule has 1 N–H and O–H groups in total. The summed E-state index contributed by atoms with van der Waals surface area (Å²) in [5, 5.41) is 12.5. The molecule has 4 unspecified atom stereocenters. The molecule has 0 amide bonds. The van der Waals surface area contributed by atoms with Crippen molar-refractivity contribution >= 4 is 17.6 Å². The maximum absolute atomic E-state index is 13.5. The zero-order valence-corrected chi connectivity index (χ0v) is 19.8. The number of rotatable bonds is 4. The molecule has 33 heavy (non-hydrogen) atoms. The van der Waals surface area contributed by atoms with Gasteiger partial charge in [-0.1, -0.05) is 25.1 Å². The molecule has 6 atom stereocenters. The van der Waals surface area contributed by atoms with Crippen molar-refractivity contribution in [2.45, 2.75) is 55.9 Å². The molecule has 1 saturated carbocycles. The monoisotopic (exact) mass is 456 g/mol. The molecule has 1 saturated heterocycles. The third-order valence-electron chi connectivity index (χ3n) is 8.62. The molecule has 0 radical (unpaired) electrons. The van der Waals surface area contributed by atoms with Crippen LogP contribution in [0.4, 0.5) is 5.69 Å². The molecule has 1 aromatic rings. The van der Waals surface area contributed by atoms with Gasteiger partial charge in [0.2, 0.25) is 5.60 Å². The molecule has 8 heteroatoms. The van der Waals surface area contributed by atoms with Crippen LogP contribution in [0.25, 0.3) is 0 Å². The Morgan fingerprint density at radius 2 is 2.00 bits per heavy atom. The van der Waals surface area contributed by atoms with Gasteiger partial charge in [-0.15, -0.1) is 0 Å². The molecule has 1 aliphatic carbocycles. The Balaban J connectivity index is 1.86. The predicted molar refractivity (Wildman–Crippen MR) is 121 cm³/mol. The summed E-state index contributed by atoms with van der Waals surface area (Å²) in [6, 6.07) is 5.22. The normalized spacial score (nSPS) is 38.4. The summed E-state index contributed by atoms with van der Waals surface area (Å²) < 4.78 is 16.6. The molecule has 8 nitrogen and oxygen atoms in total. The van der Waals surface area contributed by atoms with E-state index >= 15 is 0 Å². The zero-order valence-electron chi connectivity index (χ0n) is 19.8. The van der Waals surface area contributed by atoms with Crippen LogP contribution in [0.5, 0.6) is 5.75 Å². The van der Waals surface area contributed by atoms with Gasteiger partial charge >= 0.3 is 11.9 Å². The van der Waals surface area contributed by atoms with Crippen LogP contribution in [0.15, 0.2) is 30.4 Å². The van der Waals surface area contributed by atoms with Crippen molar-refractivity contribution in [3.05, 3.63) is 35.9 Å². The van der Waals surface area contributed by atoms with Crippen LogP contribution in [-0.4, -0.2) is 80.1 Å². The lowest BCUT2D eigenvalue weighted by Crippen LogP contribution is -2.81. The highest BCUT2D eigenvalue weighted by Crippen LogP contribution is 2.67. The van der Waals surface area contributed by atoms with Crippen LogP contribution in [0.2, 0.25) is 0 Å². The van der Waals surface area contributed by atoms with Gasteiger partial charge < -0.3 is 24.2 Å². The van der Waals surface area contributed by atoms with Crippen LogP contribution >= 0.6 is 0 Å². The van der Waals surface area contributed by atoms with Crippen LogP contribution in [0, 0.1) is 5.41 Å². The van der Waals surface area contributed by atoms with Crippen LogP contribution in [0.1, 0.15) is 32.3 Å². The minimum atomic E-state index is -2.08. The summed E-state index contributed by atoms with van der Waals surface area (Å²) >= 11 is 0. The maximum Gasteiger partial charge on any atom is 0.344 e. The fourth-order valence-corrected chi connectivity index (χ4v) is 7.68. The molecule has 1 aromatic carbocycles. The summed E-state index contributed by atoms with van der Waals surface area (Å²) in [6.45, 7) is 4.94. The van der Waals surface area contributed by atoms with E-state index in [1.165, 1.54) is 14.0 Å². The van der Waals surface area contributed by atoms with Gasteiger partial charge in [-0.3, -0.25) is 9.69 Å². The van der Waals surface area contributed by atoms with Crippen molar-refractivity contribution in [1.82, 2.24) is 4.90 Å². The van der Waals surface area contributed by atoms with Gasteiger partial charge in [0.25, 0.3) is 0 Å². The van der Waals surface area contributed by atoms with Gasteiger partial charge in [-0.25, -0.2) is 4.79 Å². The molecule has 3 heterocycles. The molecule has 2 fully saturated rings. The predicted octanol–water partition coefficient (Wildman–Crippen LogP) is 1.64. The lowest BCUT2D eigenvalue weighted by atomic mass is 9.47. The molecule has 5 rings (SSSR count). The fraction of sp³-hybridized carbons (Fsp3) is 0.600. The molecule has 0 bridgehead atoms. The number of esters is 2. The lowest BCUT2D eigenvalue weighted by Gasteiger charge is -2.63. The van der Waals surface area contributed by atoms with Crippen LogP contribution < -0.4 is 9.64 Å². The Bertz CT molecular complexity index is 1040. The largest absolute Gasteiger partial charge is 0.497 e. The van der Waals surface area contributed by atoms with E-state index in [0.717, 1.165) is 30.8 Å². The third-order valence-corrected chi connectivity index (χ3v) is 8.62. The molecule has 178 valence electrons. The Morgan fingerprint density at radius 1 is 1.24 bits per heavy atom. The van der Waals surface area contributed by atoms with E-state index in [1.54, 1.807) is 7.11 Å². The van der Waals surface area contributed by atoms with Crippen LogP contribution in [-0.2, 0) is 24.5 Å². The smallest absolute Gasteiger partial charge is 0.344 e. The van der Waals surface area contributed by atoms with E-state index in [-0.39, 0.29) is 6.04 Å². The molecule has 0 aromatic heterocycles. The van der Waals surface area contributed by atoms with Crippen LogP contribution in [0.3, 0.4) is 0 Å². The Kier molecular flexibility index (Phi) is 4.85. The maximum atomic E-state index is 13.5. The summed E-state index contributed by atoms with van der Waals surface area (Å²) in [5.74, 6) is -0.617. The number of anilines is 1. The van der Waals surface area contributed by atoms with Crippen molar-refractivity contribution in [2.24, 2.45) is 5.41 Å². The number of ether oxygens (including phenoxy) is 3. The number of fused-ring (bicyclic) bond motifs is 1. The van der Waals surface area contributed by atoms with Gasteiger partial charge in [-0.05, 0) is 31.0 Å². The number of carbonyl (C=O) groups excluding carboxylic acids is 2. The summed E-state index contributed by atoms with van der Waals surface area (Å²) in [4.78, 5) is 30.2. The van der Waals surface area contributed by atoms with Crippen molar-refractivity contribution in [3.8, 4) is 5.75 Å². The first-order chi connectivity index (χ1) is 15.7. The minimum absolute atomic E-state index is 0.0589. The number of methoxy groups -OCH3 is 2.